The van der Waals surface area contributed by atoms with Crippen molar-refractivity contribution in [1.82, 2.24) is 29.7 Å². The van der Waals surface area contributed by atoms with Crippen LogP contribution in [0.3, 0.4) is 0 Å². The monoisotopic (exact) mass is 666 g/mol. The molecule has 250 valence electrons. The van der Waals surface area contributed by atoms with Crippen LogP contribution < -0.4 is 19.8 Å². The first kappa shape index (κ1) is 32.7. The Balaban J connectivity index is 1.22. The van der Waals surface area contributed by atoms with Crippen molar-refractivity contribution in [1.29, 1.82) is 0 Å². The fourth-order valence-corrected chi connectivity index (χ4v) is 6.74. The predicted octanol–water partition coefficient (Wildman–Crippen LogP) is 4.36. The molecule has 2 fully saturated rings. The number of likely N-dealkylation sites (N-methyl/N-ethyl adjacent to an activating group) is 1. The topological polar surface area (TPSA) is 123 Å². The van der Waals surface area contributed by atoms with Crippen molar-refractivity contribution in [2.24, 2.45) is 0 Å². The zero-order valence-corrected chi connectivity index (χ0v) is 27.9. The minimum Gasteiger partial charge on any atom is -0.369 e. The number of hydrogen-bond donors (Lipinski definition) is 2. The molecule has 6 rings (SSSR count). The van der Waals surface area contributed by atoms with Gasteiger partial charge in [0, 0.05) is 76.5 Å². The van der Waals surface area contributed by atoms with Crippen molar-refractivity contribution in [3.05, 3.63) is 60.1 Å². The summed E-state index contributed by atoms with van der Waals surface area (Å²) in [5, 5.41) is 6.06. The molecule has 0 spiro atoms. The van der Waals surface area contributed by atoms with Crippen molar-refractivity contribution >= 4 is 55.6 Å². The summed E-state index contributed by atoms with van der Waals surface area (Å²) in [7, 11) is -0.0852. The third-order valence-corrected chi connectivity index (χ3v) is 10.3. The second-order valence-electron chi connectivity index (χ2n) is 12.1. The normalized spacial score (nSPS) is 16.9. The molecule has 15 heteroatoms. The van der Waals surface area contributed by atoms with Crippen LogP contribution in [-0.4, -0.2) is 104 Å². The second-order valence-corrected chi connectivity index (χ2v) is 14.1. The Morgan fingerprint density at radius 3 is 2.32 bits per heavy atom. The summed E-state index contributed by atoms with van der Waals surface area (Å²) >= 11 is 0. The van der Waals surface area contributed by atoms with E-state index >= 15 is 8.78 Å². The fraction of sp³-hybridized carbons (Fsp3) is 0.438. The average molecular weight is 667 g/mol. The van der Waals surface area contributed by atoms with Crippen LogP contribution >= 0.6 is 0 Å². The summed E-state index contributed by atoms with van der Waals surface area (Å²) in [5.41, 5.74) is 2.50. The number of nitrogens with zero attached hydrogens (tertiary/aromatic N) is 8. The predicted molar refractivity (Wildman–Crippen MR) is 181 cm³/mol. The van der Waals surface area contributed by atoms with E-state index in [0.29, 0.717) is 53.8 Å². The Morgan fingerprint density at radius 1 is 0.915 bits per heavy atom. The Kier molecular flexibility index (Phi) is 9.39. The number of piperazine rings is 1. The van der Waals surface area contributed by atoms with Gasteiger partial charge in [-0.3, -0.25) is 19.2 Å². The molecule has 2 N–H and O–H groups in total. The van der Waals surface area contributed by atoms with Gasteiger partial charge in [0.2, 0.25) is 16.0 Å². The van der Waals surface area contributed by atoms with Crippen molar-refractivity contribution in [2.75, 3.05) is 79.5 Å². The molecule has 4 aromatic rings. The van der Waals surface area contributed by atoms with Gasteiger partial charge < -0.3 is 20.4 Å². The molecular formula is C32H40F2N10O2S. The SMILES string of the molecule is CCc1cnc(Nc2ccc(N3CCC(N4CCN(C)CC4)CC3)c(F)c2F)nc1Nc1ccc2nccnc2c1N(C)S(C)(=O)=O. The van der Waals surface area contributed by atoms with E-state index in [9.17, 15) is 8.42 Å². The van der Waals surface area contributed by atoms with E-state index in [-0.39, 0.29) is 17.3 Å². The van der Waals surface area contributed by atoms with Gasteiger partial charge in [0.25, 0.3) is 0 Å². The van der Waals surface area contributed by atoms with Crippen LogP contribution in [0, 0.1) is 11.6 Å². The maximum atomic E-state index is 15.5. The molecule has 2 aliphatic rings. The van der Waals surface area contributed by atoms with Crippen LogP contribution in [0.5, 0.6) is 0 Å². The zero-order chi connectivity index (χ0) is 33.3. The van der Waals surface area contributed by atoms with Gasteiger partial charge in [-0.05, 0) is 50.6 Å². The number of anilines is 6. The first-order valence-electron chi connectivity index (χ1n) is 15.8. The van der Waals surface area contributed by atoms with Crippen LogP contribution in [0.2, 0.25) is 0 Å². The first-order valence-corrected chi connectivity index (χ1v) is 17.6. The summed E-state index contributed by atoms with van der Waals surface area (Å²) in [6.07, 6.45) is 8.08. The van der Waals surface area contributed by atoms with Crippen LogP contribution in [0.15, 0.2) is 42.9 Å². The summed E-state index contributed by atoms with van der Waals surface area (Å²) in [6.45, 7) is 7.43. The van der Waals surface area contributed by atoms with Gasteiger partial charge in [-0.25, -0.2) is 22.2 Å². The second kappa shape index (κ2) is 13.5. The highest BCUT2D eigenvalue weighted by Gasteiger charge is 2.29. The number of hydrogen-bond acceptors (Lipinski definition) is 11. The van der Waals surface area contributed by atoms with E-state index in [2.05, 4.69) is 47.4 Å². The Morgan fingerprint density at radius 2 is 1.62 bits per heavy atom. The van der Waals surface area contributed by atoms with Crippen molar-refractivity contribution in [2.45, 2.75) is 32.2 Å². The molecule has 2 aromatic heterocycles. The Bertz CT molecular complexity index is 1860. The van der Waals surface area contributed by atoms with E-state index in [1.165, 1.54) is 25.5 Å². The summed E-state index contributed by atoms with van der Waals surface area (Å²) < 4.78 is 57.2. The van der Waals surface area contributed by atoms with Gasteiger partial charge in [-0.2, -0.15) is 4.98 Å². The quantitative estimate of drug-likeness (QED) is 0.265. The third kappa shape index (κ3) is 6.92. The van der Waals surface area contributed by atoms with Crippen LogP contribution in [0.4, 0.5) is 43.3 Å². The molecule has 47 heavy (non-hydrogen) atoms. The number of aromatic nitrogens is 4. The Hall–Kier alpha value is -4.21. The van der Waals surface area contributed by atoms with E-state index in [4.69, 9.17) is 0 Å². The van der Waals surface area contributed by atoms with Gasteiger partial charge in [-0.1, -0.05) is 6.92 Å². The molecule has 12 nitrogen and oxygen atoms in total. The molecule has 0 bridgehead atoms. The first-order chi connectivity index (χ1) is 22.5. The molecule has 0 saturated carbocycles. The lowest BCUT2D eigenvalue weighted by Gasteiger charge is -2.42. The molecular weight excluding hydrogens is 626 g/mol. The molecule has 0 radical (unpaired) electrons. The highest BCUT2D eigenvalue weighted by Crippen LogP contribution is 2.36. The smallest absolute Gasteiger partial charge is 0.232 e. The van der Waals surface area contributed by atoms with Gasteiger partial charge >= 0.3 is 0 Å². The standard InChI is InChI=1S/C32H40F2N10O2S/c1-5-21-20-37-32(40-31(21)38-25-7-6-24-29(36-13-12-35-24)30(25)42(3)47(4,45)46)39-23-8-9-26(28(34)27(23)33)44-14-10-22(11-15-44)43-18-16-41(2)17-19-43/h6-9,12-13,20,22H,5,10-11,14-19H2,1-4H3,(H2,37,38,39,40). The zero-order valence-electron chi connectivity index (χ0n) is 27.0. The van der Waals surface area contributed by atoms with Crippen LogP contribution in [0.25, 0.3) is 11.0 Å². The number of piperidine rings is 1. The van der Waals surface area contributed by atoms with E-state index in [1.54, 1.807) is 24.4 Å². The minimum absolute atomic E-state index is 0.0438. The number of rotatable bonds is 9. The largest absolute Gasteiger partial charge is 0.369 e. The number of aryl methyl sites for hydroxylation is 1. The minimum atomic E-state index is -3.66. The molecule has 4 heterocycles. The van der Waals surface area contributed by atoms with E-state index in [1.807, 2.05) is 11.8 Å². The Labute approximate surface area is 273 Å². The lowest BCUT2D eigenvalue weighted by atomic mass is 10.0. The molecule has 0 amide bonds. The van der Waals surface area contributed by atoms with Gasteiger partial charge in [0.15, 0.2) is 11.6 Å². The number of halogens is 2. The molecule has 0 unspecified atom stereocenters. The number of nitrogens with one attached hydrogen (secondary N) is 2. The molecule has 2 aliphatic heterocycles. The van der Waals surface area contributed by atoms with E-state index in [0.717, 1.165) is 55.1 Å². The average Bonchev–Trinajstić information content (AvgIpc) is 3.07. The maximum Gasteiger partial charge on any atom is 0.232 e. The fourth-order valence-electron chi connectivity index (χ4n) is 6.23. The highest BCUT2D eigenvalue weighted by atomic mass is 32.2. The highest BCUT2D eigenvalue weighted by molar-refractivity contribution is 7.92. The molecule has 0 atom stereocenters. The molecule has 2 saturated heterocycles. The third-order valence-electron chi connectivity index (χ3n) is 9.09. The molecule has 0 aliphatic carbocycles. The van der Waals surface area contributed by atoms with Gasteiger partial charge in [-0.15, -0.1) is 0 Å². The van der Waals surface area contributed by atoms with Crippen molar-refractivity contribution < 1.29 is 17.2 Å². The van der Waals surface area contributed by atoms with Crippen LogP contribution in [-0.2, 0) is 16.4 Å². The van der Waals surface area contributed by atoms with Crippen LogP contribution in [0.1, 0.15) is 25.3 Å². The number of fused-ring (bicyclic) bond motifs is 1. The molecule has 2 aromatic carbocycles. The number of benzene rings is 2. The summed E-state index contributed by atoms with van der Waals surface area (Å²) in [6, 6.07) is 6.99. The van der Waals surface area contributed by atoms with Gasteiger partial charge in [0.1, 0.15) is 17.0 Å². The lowest BCUT2D eigenvalue weighted by molar-refractivity contribution is 0.0981. The number of sulfonamides is 1. The maximum absolute atomic E-state index is 15.5. The summed E-state index contributed by atoms with van der Waals surface area (Å²) in [4.78, 5) is 24.4. The summed E-state index contributed by atoms with van der Waals surface area (Å²) in [5.74, 6) is -1.51. The van der Waals surface area contributed by atoms with Crippen molar-refractivity contribution in [3.63, 3.8) is 0 Å². The van der Waals surface area contributed by atoms with Gasteiger partial charge in [0.05, 0.1) is 28.8 Å². The van der Waals surface area contributed by atoms with Crippen molar-refractivity contribution in [3.8, 4) is 0 Å². The lowest BCUT2D eigenvalue weighted by Crippen LogP contribution is -2.52. The van der Waals surface area contributed by atoms with E-state index < -0.39 is 21.7 Å².